The van der Waals surface area contributed by atoms with Gasteiger partial charge in [0.2, 0.25) is 5.91 Å². The molecule has 4 aliphatic rings. The van der Waals surface area contributed by atoms with Gasteiger partial charge >= 0.3 is 6.18 Å². The number of halogens is 4. The Balaban J connectivity index is 1.08. The highest BCUT2D eigenvalue weighted by atomic mass is 35.5. The summed E-state index contributed by atoms with van der Waals surface area (Å²) in [6.45, 7) is 0. The lowest BCUT2D eigenvalue weighted by molar-refractivity contribution is -0.137. The summed E-state index contributed by atoms with van der Waals surface area (Å²) in [6.07, 6.45) is 15.1. The number of hydrogen-bond acceptors (Lipinski definition) is 4. The summed E-state index contributed by atoms with van der Waals surface area (Å²) in [5.74, 6) is 1.15. The lowest BCUT2D eigenvalue weighted by Gasteiger charge is -2.30. The fraction of sp³-hybridized carbons (Fsp3) is 0.614. The van der Waals surface area contributed by atoms with Gasteiger partial charge in [-0.1, -0.05) is 80.3 Å². The Labute approximate surface area is 318 Å². The number of rotatable bonds is 11. The van der Waals surface area contributed by atoms with Gasteiger partial charge in [0.25, 0.3) is 0 Å². The van der Waals surface area contributed by atoms with Crippen LogP contribution >= 0.6 is 11.6 Å². The van der Waals surface area contributed by atoms with E-state index in [2.05, 4.69) is 11.4 Å². The number of fused-ring (bicyclic) bond motifs is 1. The summed E-state index contributed by atoms with van der Waals surface area (Å²) in [5.41, 5.74) is 7.60. The van der Waals surface area contributed by atoms with Crippen LogP contribution in [0.3, 0.4) is 0 Å². The zero-order valence-corrected chi connectivity index (χ0v) is 31.7. The largest absolute Gasteiger partial charge is 0.418 e. The van der Waals surface area contributed by atoms with Crippen molar-refractivity contribution in [2.24, 2.45) is 35.5 Å². The van der Waals surface area contributed by atoms with E-state index in [1.807, 2.05) is 18.2 Å². The van der Waals surface area contributed by atoms with Crippen LogP contribution in [-0.2, 0) is 33.4 Å². The van der Waals surface area contributed by atoms with Crippen molar-refractivity contribution in [3.63, 3.8) is 0 Å². The van der Waals surface area contributed by atoms with Crippen molar-refractivity contribution in [2.75, 3.05) is 11.1 Å². The molecule has 2 aromatic rings. The lowest BCUT2D eigenvalue weighted by Crippen LogP contribution is -2.26. The monoisotopic (exact) mass is 752 g/mol. The van der Waals surface area contributed by atoms with E-state index in [1.54, 1.807) is 6.08 Å². The number of anilines is 2. The highest BCUT2D eigenvalue weighted by Crippen LogP contribution is 2.41. The van der Waals surface area contributed by atoms with E-state index >= 15 is 0 Å². The third-order valence-electron chi connectivity index (χ3n) is 12.9. The normalized spacial score (nSPS) is 25.9. The molecule has 3 fully saturated rings. The maximum absolute atomic E-state index is 14.0. The van der Waals surface area contributed by atoms with Crippen molar-refractivity contribution in [1.82, 2.24) is 0 Å². The van der Waals surface area contributed by atoms with Gasteiger partial charge in [0.15, 0.2) is 5.78 Å². The van der Waals surface area contributed by atoms with E-state index in [1.165, 1.54) is 50.2 Å². The molecule has 0 radical (unpaired) electrons. The molecular weight excluding hydrogens is 697 g/mol. The number of ketones is 2. The van der Waals surface area contributed by atoms with Crippen molar-refractivity contribution < 1.29 is 27.6 Å². The molecule has 1 heterocycles. The molecule has 3 atom stereocenters. The molecule has 53 heavy (non-hydrogen) atoms. The van der Waals surface area contributed by atoms with Gasteiger partial charge in [-0.3, -0.25) is 14.4 Å². The Morgan fingerprint density at radius 1 is 0.868 bits per heavy atom. The van der Waals surface area contributed by atoms with Crippen LogP contribution < -0.4 is 11.1 Å². The Hall–Kier alpha value is -3.13. The molecule has 0 aromatic heterocycles. The number of nitrogens with two attached hydrogens (primary N) is 1. The Kier molecular flexibility index (Phi) is 13.4. The Morgan fingerprint density at radius 2 is 1.57 bits per heavy atom. The van der Waals surface area contributed by atoms with Gasteiger partial charge in [-0.25, -0.2) is 0 Å². The summed E-state index contributed by atoms with van der Waals surface area (Å²) in [4.78, 5) is 40.7. The van der Waals surface area contributed by atoms with E-state index in [9.17, 15) is 27.6 Å². The molecule has 0 saturated heterocycles. The SMILES string of the molecule is Nc1c(Cl)cc(C[C@@H](CC(=O)CC2CCC(CC3CCc4ccccc4NC3=O)CC2)C(=O)/C=C2/CCCC(C3CCCCC3)CC2)cc1C(F)(F)F. The second-order valence-corrected chi connectivity index (χ2v) is 17.1. The summed E-state index contributed by atoms with van der Waals surface area (Å²) in [7, 11) is 0. The summed E-state index contributed by atoms with van der Waals surface area (Å²) in [5, 5.41) is 2.91. The van der Waals surface area contributed by atoms with Crippen molar-refractivity contribution in [3.8, 4) is 0 Å². The molecular formula is C44H56ClF3N2O3. The van der Waals surface area contributed by atoms with Crippen LogP contribution in [0.25, 0.3) is 0 Å². The van der Waals surface area contributed by atoms with Crippen molar-refractivity contribution in [1.29, 1.82) is 0 Å². The van der Waals surface area contributed by atoms with Crippen LogP contribution in [0.2, 0.25) is 5.02 Å². The summed E-state index contributed by atoms with van der Waals surface area (Å²) >= 11 is 6.17. The molecule has 3 aliphatic carbocycles. The zero-order valence-electron chi connectivity index (χ0n) is 31.0. The molecule has 0 spiro atoms. The van der Waals surface area contributed by atoms with Crippen molar-refractivity contribution >= 4 is 40.4 Å². The summed E-state index contributed by atoms with van der Waals surface area (Å²) < 4.78 is 41.6. The van der Waals surface area contributed by atoms with Crippen LogP contribution in [0.5, 0.6) is 0 Å². The fourth-order valence-corrected chi connectivity index (χ4v) is 10.1. The highest BCUT2D eigenvalue weighted by Gasteiger charge is 2.35. The standard InChI is InChI=1S/C44H56ClF3N2O3/c45-39-25-31(24-38(42(39)49)44(46,47)48)22-36(41(52)26-28-7-6-11-33(18-17-28)32-8-2-1-3-9-32)27-37(51)23-30-15-13-29(14-16-30)21-35-20-19-34-10-4-5-12-40(34)50-43(35)53/h4-5,10,12,24-26,29-30,32-33,35-36H,1-3,6-9,11,13-23,27,49H2,(H,50,53)/b28-26-/t29?,30?,33?,35?,36-/m0/s1. The first-order valence-corrected chi connectivity index (χ1v) is 20.6. The first kappa shape index (κ1) is 39.6. The van der Waals surface area contributed by atoms with E-state index < -0.39 is 23.3 Å². The smallest absolute Gasteiger partial charge is 0.397 e. The molecule has 3 saturated carbocycles. The van der Waals surface area contributed by atoms with Crippen LogP contribution in [0.1, 0.15) is 132 Å². The first-order valence-electron chi connectivity index (χ1n) is 20.2. The number of hydrogen-bond donors (Lipinski definition) is 2. The number of Topliss-reactive ketones (excluding diaryl/α,β-unsaturated/α-hetero) is 1. The van der Waals surface area contributed by atoms with Crippen molar-refractivity contribution in [2.45, 2.75) is 135 Å². The molecule has 1 amide bonds. The zero-order chi connectivity index (χ0) is 37.5. The molecule has 5 nitrogen and oxygen atoms in total. The number of nitrogen functional groups attached to an aromatic ring is 1. The maximum Gasteiger partial charge on any atom is 0.418 e. The van der Waals surface area contributed by atoms with Crippen LogP contribution in [0, 0.1) is 35.5 Å². The highest BCUT2D eigenvalue weighted by molar-refractivity contribution is 6.33. The molecule has 1 aliphatic heterocycles. The fourth-order valence-electron chi connectivity index (χ4n) is 9.89. The number of amides is 1. The number of nitrogens with one attached hydrogen (secondary N) is 1. The minimum absolute atomic E-state index is 0.0117. The van der Waals surface area contributed by atoms with Gasteiger partial charge < -0.3 is 11.1 Å². The van der Waals surface area contributed by atoms with E-state index in [-0.39, 0.29) is 52.7 Å². The molecule has 6 rings (SSSR count). The van der Waals surface area contributed by atoms with Gasteiger partial charge in [0.05, 0.1) is 16.3 Å². The first-order chi connectivity index (χ1) is 25.4. The molecule has 2 unspecified atom stereocenters. The number of aryl methyl sites for hydroxylation is 1. The van der Waals surface area contributed by atoms with Gasteiger partial charge in [-0.05, 0) is 130 Å². The van der Waals surface area contributed by atoms with Crippen LogP contribution in [-0.4, -0.2) is 17.5 Å². The lowest BCUT2D eigenvalue weighted by atomic mass is 9.75. The van der Waals surface area contributed by atoms with Gasteiger partial charge in [-0.15, -0.1) is 0 Å². The summed E-state index contributed by atoms with van der Waals surface area (Å²) in [6, 6.07) is 10.4. The Morgan fingerprint density at radius 3 is 2.32 bits per heavy atom. The number of para-hydroxylation sites is 1. The molecule has 3 N–H and O–H groups in total. The number of allylic oxidation sites excluding steroid dienone is 2. The number of carbonyl (C=O) groups is 3. The van der Waals surface area contributed by atoms with E-state index in [0.29, 0.717) is 18.3 Å². The van der Waals surface area contributed by atoms with Crippen LogP contribution in [0.15, 0.2) is 48.0 Å². The average molecular weight is 753 g/mol. The second-order valence-electron chi connectivity index (χ2n) is 16.7. The predicted molar refractivity (Wildman–Crippen MR) is 205 cm³/mol. The maximum atomic E-state index is 14.0. The quantitative estimate of drug-likeness (QED) is 0.136. The van der Waals surface area contributed by atoms with Crippen LogP contribution in [0.4, 0.5) is 24.5 Å². The number of benzene rings is 2. The predicted octanol–water partition coefficient (Wildman–Crippen LogP) is 11.5. The molecule has 288 valence electrons. The van der Waals surface area contributed by atoms with Gasteiger partial charge in [0, 0.05) is 30.4 Å². The minimum Gasteiger partial charge on any atom is -0.397 e. The number of carbonyl (C=O) groups excluding carboxylic acids is 3. The Bertz CT molecular complexity index is 1640. The van der Waals surface area contributed by atoms with Gasteiger partial charge in [0.1, 0.15) is 5.78 Å². The van der Waals surface area contributed by atoms with Gasteiger partial charge in [-0.2, -0.15) is 13.2 Å². The molecule has 0 bridgehead atoms. The topological polar surface area (TPSA) is 89.3 Å². The average Bonchev–Trinajstić information content (AvgIpc) is 3.46. The molecule has 9 heteroatoms. The third-order valence-corrected chi connectivity index (χ3v) is 13.2. The second kappa shape index (κ2) is 18.0. The number of alkyl halides is 3. The molecule has 2 aromatic carbocycles. The van der Waals surface area contributed by atoms with Crippen molar-refractivity contribution in [3.05, 3.63) is 69.8 Å². The van der Waals surface area contributed by atoms with E-state index in [0.717, 1.165) is 93.9 Å². The van der Waals surface area contributed by atoms with E-state index in [4.69, 9.17) is 17.3 Å². The third kappa shape index (κ3) is 10.8. The minimum atomic E-state index is -4.69.